The van der Waals surface area contributed by atoms with Crippen molar-refractivity contribution < 1.29 is 27.5 Å². The zero-order valence-corrected chi connectivity index (χ0v) is 15.7. The molecule has 0 spiro atoms. The Morgan fingerprint density at radius 1 is 1.10 bits per heavy atom. The fraction of sp³-hybridized carbons (Fsp3) is 0.190. The number of halogens is 3. The van der Waals surface area contributed by atoms with Gasteiger partial charge in [-0.3, -0.25) is 9.59 Å². The molecular formula is C21H18F3N3O3. The van der Waals surface area contributed by atoms with Crippen LogP contribution in [0, 0.1) is 12.3 Å². The van der Waals surface area contributed by atoms with Crippen molar-refractivity contribution in [1.29, 1.82) is 0 Å². The molecule has 2 N–H and O–H groups in total. The number of rotatable bonds is 8. The molecule has 0 heterocycles. The molecule has 0 aromatic heterocycles. The van der Waals surface area contributed by atoms with Crippen LogP contribution in [0.2, 0.25) is 0 Å². The first-order chi connectivity index (χ1) is 14.3. The van der Waals surface area contributed by atoms with Crippen LogP contribution in [0.4, 0.5) is 18.9 Å². The van der Waals surface area contributed by atoms with Crippen LogP contribution in [0.1, 0.15) is 24.0 Å². The highest BCUT2D eigenvalue weighted by molar-refractivity contribution is 5.93. The van der Waals surface area contributed by atoms with Crippen molar-refractivity contribution in [2.75, 3.05) is 11.9 Å². The number of hydrogen-bond donors (Lipinski definition) is 2. The minimum Gasteiger partial charge on any atom is -0.481 e. The molecule has 2 rings (SSSR count). The Labute approximate surface area is 171 Å². The van der Waals surface area contributed by atoms with Crippen LogP contribution >= 0.6 is 0 Å². The van der Waals surface area contributed by atoms with Crippen molar-refractivity contribution in [3.8, 4) is 18.1 Å². The van der Waals surface area contributed by atoms with E-state index in [2.05, 4.69) is 21.8 Å². The minimum absolute atomic E-state index is 0.00271. The fourth-order valence-electron chi connectivity index (χ4n) is 2.23. The number of hydrazone groups is 1. The fourth-order valence-corrected chi connectivity index (χ4v) is 2.23. The van der Waals surface area contributed by atoms with Gasteiger partial charge in [0.1, 0.15) is 12.4 Å². The Bertz CT molecular complexity index is 948. The third-order valence-electron chi connectivity index (χ3n) is 3.66. The van der Waals surface area contributed by atoms with Gasteiger partial charge in [0.15, 0.2) is 0 Å². The summed E-state index contributed by atoms with van der Waals surface area (Å²) in [6.45, 7) is 0.158. The maximum absolute atomic E-state index is 12.7. The van der Waals surface area contributed by atoms with E-state index in [1.54, 1.807) is 24.3 Å². The average Bonchev–Trinajstić information content (AvgIpc) is 2.71. The monoisotopic (exact) mass is 417 g/mol. The second-order valence-electron chi connectivity index (χ2n) is 5.98. The first-order valence-electron chi connectivity index (χ1n) is 8.73. The maximum Gasteiger partial charge on any atom is 0.416 e. The van der Waals surface area contributed by atoms with E-state index in [0.717, 1.165) is 12.1 Å². The Balaban J connectivity index is 1.76. The van der Waals surface area contributed by atoms with Crippen LogP contribution in [0.25, 0.3) is 0 Å². The summed E-state index contributed by atoms with van der Waals surface area (Å²) in [5.74, 6) is 1.85. The van der Waals surface area contributed by atoms with E-state index in [9.17, 15) is 22.8 Å². The summed E-state index contributed by atoms with van der Waals surface area (Å²) in [4.78, 5) is 23.6. The van der Waals surface area contributed by atoms with Crippen molar-refractivity contribution in [3.05, 3.63) is 59.7 Å². The third kappa shape index (κ3) is 7.67. The summed E-state index contributed by atoms with van der Waals surface area (Å²) in [7, 11) is 0. The van der Waals surface area contributed by atoms with Crippen LogP contribution in [-0.4, -0.2) is 24.6 Å². The van der Waals surface area contributed by atoms with Crippen LogP contribution < -0.4 is 15.5 Å². The summed E-state index contributed by atoms with van der Waals surface area (Å²) in [5, 5.41) is 6.11. The van der Waals surface area contributed by atoms with E-state index < -0.39 is 23.6 Å². The molecule has 0 saturated carbocycles. The molecule has 6 nitrogen and oxygen atoms in total. The summed E-state index contributed by atoms with van der Waals surface area (Å²) >= 11 is 0. The van der Waals surface area contributed by atoms with Crippen molar-refractivity contribution in [3.63, 3.8) is 0 Å². The Morgan fingerprint density at radius 3 is 2.47 bits per heavy atom. The van der Waals surface area contributed by atoms with Gasteiger partial charge in [-0.2, -0.15) is 18.3 Å². The van der Waals surface area contributed by atoms with E-state index in [1.807, 2.05) is 0 Å². The lowest BCUT2D eigenvalue weighted by Crippen LogP contribution is -2.20. The van der Waals surface area contributed by atoms with Gasteiger partial charge in [0.25, 0.3) is 0 Å². The second-order valence-corrected chi connectivity index (χ2v) is 5.98. The number of anilines is 1. The van der Waals surface area contributed by atoms with Gasteiger partial charge in [0, 0.05) is 18.5 Å². The second kappa shape index (κ2) is 10.7. The van der Waals surface area contributed by atoms with E-state index in [4.69, 9.17) is 11.2 Å². The van der Waals surface area contributed by atoms with Gasteiger partial charge in [0.2, 0.25) is 11.8 Å². The molecular weight excluding hydrogens is 399 g/mol. The zero-order chi connectivity index (χ0) is 22.0. The topological polar surface area (TPSA) is 79.8 Å². The third-order valence-corrected chi connectivity index (χ3v) is 3.66. The minimum atomic E-state index is -4.51. The Morgan fingerprint density at radius 2 is 1.80 bits per heavy atom. The zero-order valence-electron chi connectivity index (χ0n) is 15.7. The number of benzene rings is 2. The molecule has 30 heavy (non-hydrogen) atoms. The number of terminal acetylenes is 1. The summed E-state index contributed by atoms with van der Waals surface area (Å²) in [6, 6.07) is 11.1. The number of nitrogens with zero attached hydrogens (tertiary/aromatic N) is 1. The summed E-state index contributed by atoms with van der Waals surface area (Å²) in [5.41, 5.74) is 2.10. The number of hydrogen-bond acceptors (Lipinski definition) is 4. The van der Waals surface area contributed by atoms with Crippen LogP contribution in [0.3, 0.4) is 0 Å². The predicted molar refractivity (Wildman–Crippen MR) is 106 cm³/mol. The molecule has 0 atom stereocenters. The molecule has 9 heteroatoms. The quantitative estimate of drug-likeness (QED) is 0.391. The Hall–Kier alpha value is -3.80. The lowest BCUT2D eigenvalue weighted by atomic mass is 10.2. The molecule has 0 fully saturated rings. The number of ether oxygens (including phenoxy) is 1. The number of amides is 2. The van der Waals surface area contributed by atoms with E-state index in [-0.39, 0.29) is 25.1 Å². The van der Waals surface area contributed by atoms with E-state index in [0.29, 0.717) is 11.3 Å². The molecule has 2 aromatic carbocycles. The van der Waals surface area contributed by atoms with E-state index >= 15 is 0 Å². The van der Waals surface area contributed by atoms with Gasteiger partial charge >= 0.3 is 6.18 Å². The first-order valence-corrected chi connectivity index (χ1v) is 8.73. The molecule has 0 aliphatic carbocycles. The average molecular weight is 417 g/mol. The number of alkyl halides is 3. The van der Waals surface area contributed by atoms with Crippen LogP contribution in [0.5, 0.6) is 5.75 Å². The lowest BCUT2D eigenvalue weighted by molar-refractivity contribution is -0.137. The highest BCUT2D eigenvalue weighted by Crippen LogP contribution is 2.30. The van der Waals surface area contributed by atoms with Crippen molar-refractivity contribution in [1.82, 2.24) is 5.43 Å². The maximum atomic E-state index is 12.7. The van der Waals surface area contributed by atoms with Crippen molar-refractivity contribution in [2.45, 2.75) is 19.0 Å². The molecule has 2 amide bonds. The number of nitrogens with one attached hydrogen (secondary N) is 2. The molecule has 0 aliphatic rings. The molecule has 156 valence electrons. The molecule has 2 aromatic rings. The molecule has 0 saturated heterocycles. The number of carbonyl (C=O) groups excluding carboxylic acids is 2. The largest absolute Gasteiger partial charge is 0.481 e. The molecule has 0 unspecified atom stereocenters. The summed E-state index contributed by atoms with van der Waals surface area (Å²) < 4.78 is 43.3. The smallest absolute Gasteiger partial charge is 0.416 e. The van der Waals surface area contributed by atoms with Gasteiger partial charge < -0.3 is 10.1 Å². The Kier molecular flexibility index (Phi) is 7.99. The number of carbonyl (C=O) groups is 2. The first kappa shape index (κ1) is 22.5. The molecule has 0 aliphatic heterocycles. The van der Waals surface area contributed by atoms with Gasteiger partial charge in [0.05, 0.1) is 11.8 Å². The van der Waals surface area contributed by atoms with Gasteiger partial charge in [-0.05, 0) is 48.0 Å². The van der Waals surface area contributed by atoms with Gasteiger partial charge in [-0.25, -0.2) is 5.43 Å². The SMILES string of the molecule is C#CCOc1ccc(C=NNC(=O)CCC(=O)Nc2cccc(C(F)(F)F)c2)cc1. The highest BCUT2D eigenvalue weighted by Gasteiger charge is 2.30. The summed E-state index contributed by atoms with van der Waals surface area (Å²) in [6.07, 6.45) is 1.61. The molecule has 0 radical (unpaired) electrons. The van der Waals surface area contributed by atoms with Crippen molar-refractivity contribution in [2.24, 2.45) is 5.10 Å². The highest BCUT2D eigenvalue weighted by atomic mass is 19.4. The van der Waals surface area contributed by atoms with E-state index in [1.165, 1.54) is 18.3 Å². The normalized spacial score (nSPS) is 11.0. The van der Waals surface area contributed by atoms with Crippen LogP contribution in [0.15, 0.2) is 53.6 Å². The van der Waals surface area contributed by atoms with Gasteiger partial charge in [-0.1, -0.05) is 12.0 Å². The molecule has 0 bridgehead atoms. The predicted octanol–water partition coefficient (Wildman–Crippen LogP) is 3.59. The van der Waals surface area contributed by atoms with Crippen molar-refractivity contribution >= 4 is 23.7 Å². The van der Waals surface area contributed by atoms with Gasteiger partial charge in [-0.15, -0.1) is 6.42 Å². The lowest BCUT2D eigenvalue weighted by Gasteiger charge is -2.09. The standard InChI is InChI=1S/C21H18F3N3O3/c1-2-12-30-18-8-6-15(7-9-18)14-25-27-20(29)11-10-19(28)26-17-5-3-4-16(13-17)21(22,23)24/h1,3-9,13-14H,10-12H2,(H,26,28)(H,27,29). The van der Waals surface area contributed by atoms with Crippen LogP contribution in [-0.2, 0) is 15.8 Å².